The van der Waals surface area contributed by atoms with Gasteiger partial charge in [-0.25, -0.2) is 9.18 Å². The molecular weight excluding hydrogens is 315 g/mol. The van der Waals surface area contributed by atoms with E-state index in [0.717, 1.165) is 0 Å². The highest BCUT2D eigenvalue weighted by atomic mass is 19.1. The smallest absolute Gasteiger partial charge is 0.323 e. The van der Waals surface area contributed by atoms with Gasteiger partial charge < -0.3 is 20.7 Å². The molecule has 0 fully saturated rings. The van der Waals surface area contributed by atoms with Gasteiger partial charge in [0.2, 0.25) is 5.91 Å². The highest BCUT2D eigenvalue weighted by Gasteiger charge is 2.06. The van der Waals surface area contributed by atoms with Crippen molar-refractivity contribution in [1.29, 1.82) is 0 Å². The number of hydrogen-bond donors (Lipinski definition) is 3. The van der Waals surface area contributed by atoms with Crippen LogP contribution >= 0.6 is 0 Å². The van der Waals surface area contributed by atoms with Gasteiger partial charge in [-0.3, -0.25) is 9.78 Å². The summed E-state index contributed by atoms with van der Waals surface area (Å²) in [7, 11) is 0. The van der Waals surface area contributed by atoms with Crippen LogP contribution in [-0.4, -0.2) is 30.1 Å². The molecule has 7 nitrogen and oxygen atoms in total. The SMILES string of the molecule is CC(=O)NCCOc1cc(F)cc(NC(=O)Nc2cccnc2)c1. The minimum Gasteiger partial charge on any atom is -0.492 e. The number of carbonyl (C=O) groups excluding carboxylic acids is 2. The van der Waals surface area contributed by atoms with Gasteiger partial charge in [0.25, 0.3) is 0 Å². The number of ether oxygens (including phenoxy) is 1. The van der Waals surface area contributed by atoms with Crippen LogP contribution in [0.1, 0.15) is 6.92 Å². The molecule has 0 saturated heterocycles. The van der Waals surface area contributed by atoms with Gasteiger partial charge in [-0.15, -0.1) is 0 Å². The van der Waals surface area contributed by atoms with Crippen LogP contribution in [0.3, 0.4) is 0 Å². The molecule has 0 spiro atoms. The molecule has 1 aromatic carbocycles. The first-order valence-electron chi connectivity index (χ1n) is 7.19. The van der Waals surface area contributed by atoms with Crippen LogP contribution < -0.4 is 20.7 Å². The normalized spacial score (nSPS) is 9.92. The first-order chi connectivity index (χ1) is 11.5. The lowest BCUT2D eigenvalue weighted by Crippen LogP contribution is -2.25. The molecule has 0 aliphatic rings. The number of amides is 3. The summed E-state index contributed by atoms with van der Waals surface area (Å²) in [5, 5.41) is 7.64. The maximum Gasteiger partial charge on any atom is 0.323 e. The zero-order valence-electron chi connectivity index (χ0n) is 13.0. The van der Waals surface area contributed by atoms with E-state index in [1.54, 1.807) is 18.3 Å². The molecule has 0 saturated carbocycles. The lowest BCUT2D eigenvalue weighted by Gasteiger charge is -2.11. The average Bonchev–Trinajstić information content (AvgIpc) is 2.51. The Hall–Kier alpha value is -3.16. The number of benzene rings is 1. The molecule has 2 aromatic rings. The standard InChI is InChI=1S/C16H17FN4O3/c1-11(22)19-5-6-24-15-8-12(17)7-14(9-15)21-16(23)20-13-3-2-4-18-10-13/h2-4,7-10H,5-6H2,1H3,(H,19,22)(H2,20,21,23). The molecule has 0 bridgehead atoms. The molecule has 126 valence electrons. The van der Waals surface area contributed by atoms with Gasteiger partial charge in [-0.05, 0) is 18.2 Å². The number of carbonyl (C=O) groups is 2. The summed E-state index contributed by atoms with van der Waals surface area (Å²) in [6.07, 6.45) is 3.07. The van der Waals surface area contributed by atoms with Crippen LogP contribution in [0.4, 0.5) is 20.6 Å². The molecule has 3 N–H and O–H groups in total. The van der Waals surface area contributed by atoms with E-state index < -0.39 is 11.8 Å². The Kier molecular flexibility index (Phi) is 6.07. The van der Waals surface area contributed by atoms with E-state index in [2.05, 4.69) is 20.9 Å². The summed E-state index contributed by atoms with van der Waals surface area (Å²) in [6, 6.07) is 6.67. The number of hydrogen-bond acceptors (Lipinski definition) is 4. The summed E-state index contributed by atoms with van der Waals surface area (Å²) in [5.41, 5.74) is 0.754. The van der Waals surface area contributed by atoms with Gasteiger partial charge in [0.05, 0.1) is 18.4 Å². The van der Waals surface area contributed by atoms with Crippen LogP contribution in [0.25, 0.3) is 0 Å². The van der Waals surface area contributed by atoms with Crippen molar-refractivity contribution >= 4 is 23.3 Å². The lowest BCUT2D eigenvalue weighted by atomic mass is 10.3. The highest BCUT2D eigenvalue weighted by Crippen LogP contribution is 2.20. The van der Waals surface area contributed by atoms with E-state index in [1.807, 2.05) is 0 Å². The molecule has 24 heavy (non-hydrogen) atoms. The fourth-order valence-corrected chi connectivity index (χ4v) is 1.84. The third kappa shape index (κ3) is 5.91. The van der Waals surface area contributed by atoms with Crippen LogP contribution in [0, 0.1) is 5.82 Å². The third-order valence-electron chi connectivity index (χ3n) is 2.79. The molecule has 0 atom stereocenters. The zero-order chi connectivity index (χ0) is 17.4. The predicted octanol–water partition coefficient (Wildman–Crippen LogP) is 2.38. The van der Waals surface area contributed by atoms with Crippen LogP contribution in [0.15, 0.2) is 42.7 Å². The Balaban J connectivity index is 1.92. The molecule has 0 aliphatic heterocycles. The molecule has 1 aromatic heterocycles. The lowest BCUT2D eigenvalue weighted by molar-refractivity contribution is -0.119. The molecular formula is C16H17FN4O3. The monoisotopic (exact) mass is 332 g/mol. The molecule has 3 amide bonds. The number of nitrogens with one attached hydrogen (secondary N) is 3. The number of anilines is 2. The van der Waals surface area contributed by atoms with Crippen molar-refractivity contribution in [3.8, 4) is 5.75 Å². The summed E-state index contributed by atoms with van der Waals surface area (Å²) in [4.78, 5) is 26.5. The number of pyridine rings is 1. The van der Waals surface area contributed by atoms with Crippen LogP contribution in [-0.2, 0) is 4.79 Å². The second-order valence-corrected chi connectivity index (χ2v) is 4.83. The summed E-state index contributed by atoms with van der Waals surface area (Å²) in [5.74, 6) is -0.479. The van der Waals surface area contributed by atoms with E-state index in [4.69, 9.17) is 4.74 Å². The van der Waals surface area contributed by atoms with E-state index in [-0.39, 0.29) is 24.0 Å². The topological polar surface area (TPSA) is 92.4 Å². The second kappa shape index (κ2) is 8.47. The Morgan fingerprint density at radius 3 is 2.71 bits per heavy atom. The summed E-state index contributed by atoms with van der Waals surface area (Å²) >= 11 is 0. The van der Waals surface area contributed by atoms with Crippen molar-refractivity contribution in [3.05, 3.63) is 48.5 Å². The van der Waals surface area contributed by atoms with Gasteiger partial charge in [0, 0.05) is 30.9 Å². The maximum atomic E-state index is 13.6. The van der Waals surface area contributed by atoms with E-state index >= 15 is 0 Å². The van der Waals surface area contributed by atoms with Crippen molar-refractivity contribution in [2.24, 2.45) is 0 Å². The molecule has 1 heterocycles. The number of aromatic nitrogens is 1. The Morgan fingerprint density at radius 2 is 2.00 bits per heavy atom. The predicted molar refractivity (Wildman–Crippen MR) is 87.5 cm³/mol. The fraction of sp³-hybridized carbons (Fsp3) is 0.188. The minimum atomic E-state index is -0.552. The van der Waals surface area contributed by atoms with Gasteiger partial charge in [-0.1, -0.05) is 0 Å². The van der Waals surface area contributed by atoms with Crippen molar-refractivity contribution in [3.63, 3.8) is 0 Å². The van der Waals surface area contributed by atoms with Gasteiger partial charge in [0.15, 0.2) is 0 Å². The Bertz CT molecular complexity index is 710. The van der Waals surface area contributed by atoms with Gasteiger partial charge >= 0.3 is 6.03 Å². The van der Waals surface area contributed by atoms with Crippen molar-refractivity contribution in [2.75, 3.05) is 23.8 Å². The Morgan fingerprint density at radius 1 is 1.21 bits per heavy atom. The third-order valence-corrected chi connectivity index (χ3v) is 2.79. The van der Waals surface area contributed by atoms with Crippen molar-refractivity contribution < 1.29 is 18.7 Å². The molecule has 0 unspecified atom stereocenters. The van der Waals surface area contributed by atoms with Crippen molar-refractivity contribution in [2.45, 2.75) is 6.92 Å². The van der Waals surface area contributed by atoms with Gasteiger partial charge in [-0.2, -0.15) is 0 Å². The van der Waals surface area contributed by atoms with Crippen molar-refractivity contribution in [1.82, 2.24) is 10.3 Å². The zero-order valence-corrected chi connectivity index (χ0v) is 13.0. The van der Waals surface area contributed by atoms with Crippen LogP contribution in [0.5, 0.6) is 5.75 Å². The fourth-order valence-electron chi connectivity index (χ4n) is 1.84. The van der Waals surface area contributed by atoms with E-state index in [9.17, 15) is 14.0 Å². The molecule has 2 rings (SSSR count). The highest BCUT2D eigenvalue weighted by molar-refractivity contribution is 5.99. The Labute approximate surface area is 138 Å². The number of nitrogens with zero attached hydrogens (tertiary/aromatic N) is 1. The summed E-state index contributed by atoms with van der Waals surface area (Å²) < 4.78 is 19.0. The number of rotatable bonds is 6. The largest absolute Gasteiger partial charge is 0.492 e. The van der Waals surface area contributed by atoms with Gasteiger partial charge in [0.1, 0.15) is 18.2 Å². The average molecular weight is 332 g/mol. The van der Waals surface area contributed by atoms with Crippen LogP contribution in [0.2, 0.25) is 0 Å². The first kappa shape index (κ1) is 17.2. The maximum absolute atomic E-state index is 13.6. The molecule has 8 heteroatoms. The quantitative estimate of drug-likeness (QED) is 0.708. The first-order valence-corrected chi connectivity index (χ1v) is 7.19. The molecule has 0 radical (unpaired) electrons. The molecule has 0 aliphatic carbocycles. The number of halogens is 1. The minimum absolute atomic E-state index is 0.174. The number of urea groups is 1. The van der Waals surface area contributed by atoms with E-state index in [0.29, 0.717) is 12.2 Å². The van der Waals surface area contributed by atoms with E-state index in [1.165, 1.54) is 31.3 Å². The second-order valence-electron chi connectivity index (χ2n) is 4.83. The summed E-state index contributed by atoms with van der Waals surface area (Å²) in [6.45, 7) is 1.88.